The van der Waals surface area contributed by atoms with Crippen LogP contribution < -0.4 is 4.74 Å². The van der Waals surface area contributed by atoms with Gasteiger partial charge in [0.25, 0.3) is 5.91 Å². The second kappa shape index (κ2) is 9.19. The molecule has 13 heteroatoms. The Hall–Kier alpha value is -3.84. The van der Waals surface area contributed by atoms with Gasteiger partial charge in [0.1, 0.15) is 5.82 Å². The maximum atomic E-state index is 13.5. The number of halogens is 1. The first-order valence-corrected chi connectivity index (χ1v) is 11.6. The molecule has 2 aromatic carbocycles. The van der Waals surface area contributed by atoms with Crippen LogP contribution in [0.25, 0.3) is 5.69 Å². The van der Waals surface area contributed by atoms with Crippen LogP contribution >= 0.6 is 0 Å². The molecule has 0 radical (unpaired) electrons. The highest BCUT2D eigenvalue weighted by molar-refractivity contribution is 7.89. The molecule has 4 rings (SSSR count). The van der Waals surface area contributed by atoms with E-state index in [1.807, 2.05) is 0 Å². The normalized spacial score (nSPS) is 14.7. The van der Waals surface area contributed by atoms with Gasteiger partial charge >= 0.3 is 5.69 Å². The van der Waals surface area contributed by atoms with Crippen molar-refractivity contribution >= 4 is 21.6 Å². The van der Waals surface area contributed by atoms with Crippen molar-refractivity contribution in [1.82, 2.24) is 19.0 Å². The number of nitrogens with zero attached hydrogens (tertiary/aromatic N) is 5. The molecule has 1 aliphatic rings. The summed E-state index contributed by atoms with van der Waals surface area (Å²) in [4.78, 5) is 24.6. The average Bonchev–Trinajstić information content (AvgIpc) is 3.33. The fourth-order valence-electron chi connectivity index (χ4n) is 3.62. The van der Waals surface area contributed by atoms with Gasteiger partial charge in [-0.05, 0) is 36.4 Å². The molecule has 34 heavy (non-hydrogen) atoms. The third-order valence-corrected chi connectivity index (χ3v) is 7.29. The van der Waals surface area contributed by atoms with Gasteiger partial charge in [-0.15, -0.1) is 0 Å². The number of benzene rings is 2. The number of sulfonamides is 1. The molecule has 0 unspecified atom stereocenters. The van der Waals surface area contributed by atoms with E-state index in [0.29, 0.717) is 5.69 Å². The SMILES string of the molecule is COc1ccc(S(=O)(=O)N2CCN(C(=O)c3ccn(-c4cccc(F)c4)n3)CC2)cc1[N+](=O)[O-]. The molecule has 1 aliphatic heterocycles. The molecule has 178 valence electrons. The number of rotatable bonds is 6. The van der Waals surface area contributed by atoms with E-state index in [9.17, 15) is 27.7 Å². The van der Waals surface area contributed by atoms with Crippen molar-refractivity contribution in [2.75, 3.05) is 33.3 Å². The summed E-state index contributed by atoms with van der Waals surface area (Å²) in [6, 6.07) is 10.7. The minimum Gasteiger partial charge on any atom is -0.490 e. The van der Waals surface area contributed by atoms with E-state index >= 15 is 0 Å². The molecule has 0 N–H and O–H groups in total. The highest BCUT2D eigenvalue weighted by atomic mass is 32.2. The van der Waals surface area contributed by atoms with E-state index in [1.54, 1.807) is 12.3 Å². The molecular weight excluding hydrogens is 469 g/mol. The smallest absolute Gasteiger partial charge is 0.312 e. The van der Waals surface area contributed by atoms with E-state index in [4.69, 9.17) is 4.74 Å². The molecule has 1 amide bonds. The second-order valence-electron chi connectivity index (χ2n) is 7.41. The molecule has 0 aliphatic carbocycles. The Labute approximate surface area is 194 Å². The van der Waals surface area contributed by atoms with Gasteiger partial charge in [0.05, 0.1) is 22.6 Å². The highest BCUT2D eigenvalue weighted by Crippen LogP contribution is 2.30. The van der Waals surface area contributed by atoms with E-state index in [1.165, 1.54) is 57.4 Å². The maximum Gasteiger partial charge on any atom is 0.312 e. The lowest BCUT2D eigenvalue weighted by Gasteiger charge is -2.33. The third-order valence-electron chi connectivity index (χ3n) is 5.39. The van der Waals surface area contributed by atoms with Crippen LogP contribution in [-0.2, 0) is 10.0 Å². The third kappa shape index (κ3) is 4.47. The summed E-state index contributed by atoms with van der Waals surface area (Å²) >= 11 is 0. The Morgan fingerprint density at radius 1 is 1.12 bits per heavy atom. The largest absolute Gasteiger partial charge is 0.490 e. The van der Waals surface area contributed by atoms with Gasteiger partial charge in [-0.25, -0.2) is 17.5 Å². The Kier molecular flexibility index (Phi) is 6.30. The molecule has 11 nitrogen and oxygen atoms in total. The van der Waals surface area contributed by atoms with Crippen LogP contribution in [0.1, 0.15) is 10.5 Å². The number of hydrogen-bond acceptors (Lipinski definition) is 7. The number of piperazine rings is 1. The van der Waals surface area contributed by atoms with Crippen LogP contribution in [0.15, 0.2) is 59.6 Å². The number of ether oxygens (including phenoxy) is 1. The summed E-state index contributed by atoms with van der Waals surface area (Å²) in [6.45, 7) is 0.253. The summed E-state index contributed by atoms with van der Waals surface area (Å²) < 4.78 is 46.9. The Bertz CT molecular complexity index is 1350. The summed E-state index contributed by atoms with van der Waals surface area (Å²) in [6.07, 6.45) is 1.54. The number of carbonyl (C=O) groups excluding carboxylic acids is 1. The predicted molar refractivity (Wildman–Crippen MR) is 118 cm³/mol. The van der Waals surface area contributed by atoms with Crippen LogP contribution in [-0.4, -0.2) is 71.5 Å². The number of amides is 1. The van der Waals surface area contributed by atoms with Crippen LogP contribution in [0, 0.1) is 15.9 Å². The first kappa shape index (κ1) is 23.3. The van der Waals surface area contributed by atoms with Crippen molar-refractivity contribution in [3.63, 3.8) is 0 Å². The topological polar surface area (TPSA) is 128 Å². The number of nitro groups is 1. The first-order valence-electron chi connectivity index (χ1n) is 10.1. The molecule has 0 spiro atoms. The molecule has 3 aromatic rings. The van der Waals surface area contributed by atoms with Gasteiger partial charge < -0.3 is 9.64 Å². The summed E-state index contributed by atoms with van der Waals surface area (Å²) in [7, 11) is -2.75. The lowest BCUT2D eigenvalue weighted by Crippen LogP contribution is -2.50. The summed E-state index contributed by atoms with van der Waals surface area (Å²) in [5.74, 6) is -0.857. The quantitative estimate of drug-likeness (QED) is 0.383. The first-order chi connectivity index (χ1) is 16.2. The molecule has 1 fully saturated rings. The van der Waals surface area contributed by atoms with Crippen molar-refractivity contribution in [3.8, 4) is 11.4 Å². The molecular formula is C21H20FN5O6S. The van der Waals surface area contributed by atoms with Crippen LogP contribution in [0.2, 0.25) is 0 Å². The van der Waals surface area contributed by atoms with Gasteiger partial charge in [0.2, 0.25) is 10.0 Å². The molecule has 0 bridgehead atoms. The molecule has 0 atom stereocenters. The van der Waals surface area contributed by atoms with E-state index < -0.39 is 26.5 Å². The van der Waals surface area contributed by atoms with Crippen molar-refractivity contribution in [3.05, 3.63) is 76.4 Å². The fourth-order valence-corrected chi connectivity index (χ4v) is 5.06. The highest BCUT2D eigenvalue weighted by Gasteiger charge is 2.32. The van der Waals surface area contributed by atoms with Gasteiger partial charge in [-0.1, -0.05) is 6.07 Å². The zero-order valence-electron chi connectivity index (χ0n) is 18.0. The van der Waals surface area contributed by atoms with Crippen molar-refractivity contribution in [2.45, 2.75) is 4.90 Å². The van der Waals surface area contributed by atoms with Crippen LogP contribution in [0.4, 0.5) is 10.1 Å². The Balaban J connectivity index is 1.45. The number of nitro benzene ring substituents is 1. The standard InChI is InChI=1S/C21H20FN5O6S/c1-33-20-6-5-17(14-19(20)27(29)30)34(31,32)25-11-9-24(10-12-25)21(28)18-7-8-26(23-18)16-4-2-3-15(22)13-16/h2-8,13-14H,9-12H2,1H3. The minimum absolute atomic E-state index is 0.0124. The predicted octanol–water partition coefficient (Wildman–Crippen LogP) is 2.07. The van der Waals surface area contributed by atoms with E-state index in [2.05, 4.69) is 5.10 Å². The fraction of sp³-hybridized carbons (Fsp3) is 0.238. The molecule has 0 saturated carbocycles. The van der Waals surface area contributed by atoms with E-state index in [-0.39, 0.29) is 48.4 Å². The minimum atomic E-state index is -4.01. The van der Waals surface area contributed by atoms with Gasteiger partial charge in [0, 0.05) is 38.4 Å². The zero-order valence-corrected chi connectivity index (χ0v) is 18.8. The average molecular weight is 489 g/mol. The second-order valence-corrected chi connectivity index (χ2v) is 9.35. The van der Waals surface area contributed by atoms with E-state index in [0.717, 1.165) is 6.07 Å². The molecule has 1 aromatic heterocycles. The Morgan fingerprint density at radius 3 is 2.50 bits per heavy atom. The van der Waals surface area contributed by atoms with Crippen LogP contribution in [0.5, 0.6) is 5.75 Å². The summed E-state index contributed by atoms with van der Waals surface area (Å²) in [5, 5.41) is 15.5. The Morgan fingerprint density at radius 2 is 1.85 bits per heavy atom. The van der Waals surface area contributed by atoms with Crippen molar-refractivity contribution < 1.29 is 27.3 Å². The lowest BCUT2D eigenvalue weighted by atomic mass is 10.3. The number of aromatic nitrogens is 2. The summed E-state index contributed by atoms with van der Waals surface area (Å²) in [5.41, 5.74) is 0.154. The van der Waals surface area contributed by atoms with Gasteiger partial charge in [-0.3, -0.25) is 14.9 Å². The van der Waals surface area contributed by atoms with Crippen LogP contribution in [0.3, 0.4) is 0 Å². The number of hydrogen-bond donors (Lipinski definition) is 0. The monoisotopic (exact) mass is 489 g/mol. The number of carbonyl (C=O) groups is 1. The van der Waals surface area contributed by atoms with Gasteiger partial charge in [-0.2, -0.15) is 9.40 Å². The maximum absolute atomic E-state index is 13.5. The van der Waals surface area contributed by atoms with Crippen molar-refractivity contribution in [2.24, 2.45) is 0 Å². The lowest BCUT2D eigenvalue weighted by molar-refractivity contribution is -0.386. The van der Waals surface area contributed by atoms with Crippen molar-refractivity contribution in [1.29, 1.82) is 0 Å². The zero-order chi connectivity index (χ0) is 24.5. The molecule has 1 saturated heterocycles. The number of methoxy groups -OCH3 is 1. The van der Waals surface area contributed by atoms with Gasteiger partial charge in [0.15, 0.2) is 11.4 Å². The molecule has 2 heterocycles.